The van der Waals surface area contributed by atoms with Crippen molar-refractivity contribution in [3.8, 4) is 0 Å². The summed E-state index contributed by atoms with van der Waals surface area (Å²) >= 11 is 0. The first kappa shape index (κ1) is 16.1. The maximum atomic E-state index is 12.4. The van der Waals surface area contributed by atoms with Gasteiger partial charge in [0.1, 0.15) is 6.54 Å². The van der Waals surface area contributed by atoms with E-state index in [1.54, 1.807) is 11.9 Å². The van der Waals surface area contributed by atoms with Gasteiger partial charge >= 0.3 is 12.0 Å². The summed E-state index contributed by atoms with van der Waals surface area (Å²) in [6, 6.07) is -0.122. The fourth-order valence-corrected chi connectivity index (χ4v) is 2.77. The third-order valence-electron chi connectivity index (χ3n) is 4.26. The van der Waals surface area contributed by atoms with E-state index >= 15 is 0 Å². The second kappa shape index (κ2) is 7.64. The Morgan fingerprint density at radius 2 is 1.86 bits per heavy atom. The summed E-state index contributed by atoms with van der Waals surface area (Å²) in [5, 5.41) is 9.02. The highest BCUT2D eigenvalue weighted by Crippen LogP contribution is 2.28. The average molecular weight is 298 g/mol. The van der Waals surface area contributed by atoms with Gasteiger partial charge in [0, 0.05) is 26.2 Å². The van der Waals surface area contributed by atoms with Crippen LogP contribution in [0.5, 0.6) is 0 Å². The Morgan fingerprint density at radius 1 is 1.19 bits per heavy atom. The SMILES string of the molecule is CN(CCOCC1CC1)C(=O)N(CC(=O)O)C1CCCC1. The van der Waals surface area contributed by atoms with Gasteiger partial charge in [0.15, 0.2) is 0 Å². The molecule has 1 N–H and O–H groups in total. The van der Waals surface area contributed by atoms with Crippen molar-refractivity contribution in [2.24, 2.45) is 5.92 Å². The van der Waals surface area contributed by atoms with Crippen molar-refractivity contribution in [3.05, 3.63) is 0 Å². The van der Waals surface area contributed by atoms with E-state index in [0.29, 0.717) is 19.1 Å². The van der Waals surface area contributed by atoms with Crippen LogP contribution in [0.3, 0.4) is 0 Å². The molecule has 2 rings (SSSR count). The Hall–Kier alpha value is -1.30. The summed E-state index contributed by atoms with van der Waals surface area (Å²) in [5.41, 5.74) is 0. The van der Waals surface area contributed by atoms with E-state index in [9.17, 15) is 9.59 Å². The molecule has 0 unspecified atom stereocenters. The number of hydrogen-bond acceptors (Lipinski definition) is 3. The van der Waals surface area contributed by atoms with Crippen molar-refractivity contribution in [2.45, 2.75) is 44.6 Å². The number of nitrogens with zero attached hydrogens (tertiary/aromatic N) is 2. The van der Waals surface area contributed by atoms with E-state index in [-0.39, 0.29) is 18.6 Å². The lowest BCUT2D eigenvalue weighted by atomic mass is 10.2. The van der Waals surface area contributed by atoms with Gasteiger partial charge in [-0.1, -0.05) is 12.8 Å². The number of hydrogen-bond donors (Lipinski definition) is 1. The summed E-state index contributed by atoms with van der Waals surface area (Å²) in [4.78, 5) is 26.5. The van der Waals surface area contributed by atoms with Crippen LogP contribution in [-0.2, 0) is 9.53 Å². The van der Waals surface area contributed by atoms with Crippen molar-refractivity contribution in [1.82, 2.24) is 9.80 Å². The predicted molar refractivity (Wildman–Crippen MR) is 78.2 cm³/mol. The lowest BCUT2D eigenvalue weighted by molar-refractivity contribution is -0.138. The number of carbonyl (C=O) groups excluding carboxylic acids is 1. The standard InChI is InChI=1S/C15H26N2O4/c1-16(8-9-21-11-12-6-7-12)15(20)17(10-14(18)19)13-4-2-3-5-13/h12-13H,2-11H2,1H3,(H,18,19). The highest BCUT2D eigenvalue weighted by Gasteiger charge is 2.30. The van der Waals surface area contributed by atoms with E-state index in [0.717, 1.165) is 32.3 Å². The molecule has 2 aliphatic carbocycles. The minimum Gasteiger partial charge on any atom is -0.480 e. The van der Waals surface area contributed by atoms with Crippen LogP contribution < -0.4 is 0 Å². The molecule has 2 amide bonds. The van der Waals surface area contributed by atoms with Gasteiger partial charge in [-0.2, -0.15) is 0 Å². The van der Waals surface area contributed by atoms with E-state index in [1.165, 1.54) is 17.7 Å². The summed E-state index contributed by atoms with van der Waals surface area (Å²) in [6.07, 6.45) is 6.46. The van der Waals surface area contributed by atoms with E-state index in [1.807, 2.05) is 0 Å². The molecule has 0 aromatic rings. The zero-order chi connectivity index (χ0) is 15.2. The highest BCUT2D eigenvalue weighted by molar-refractivity contribution is 5.80. The summed E-state index contributed by atoms with van der Waals surface area (Å²) in [7, 11) is 1.71. The Bertz CT molecular complexity index is 365. The normalized spacial score (nSPS) is 18.7. The lowest BCUT2D eigenvalue weighted by Crippen LogP contribution is -2.49. The van der Waals surface area contributed by atoms with Gasteiger partial charge in [0.25, 0.3) is 0 Å². The third-order valence-corrected chi connectivity index (χ3v) is 4.26. The number of carboxylic acid groups (broad SMARTS) is 1. The van der Waals surface area contributed by atoms with E-state index in [4.69, 9.17) is 9.84 Å². The van der Waals surface area contributed by atoms with Gasteiger partial charge in [0.2, 0.25) is 0 Å². The van der Waals surface area contributed by atoms with Crippen LogP contribution in [0.1, 0.15) is 38.5 Å². The number of urea groups is 1. The van der Waals surface area contributed by atoms with Crippen molar-refractivity contribution in [2.75, 3.05) is 33.4 Å². The third kappa shape index (κ3) is 5.19. The molecule has 0 aromatic carbocycles. The largest absolute Gasteiger partial charge is 0.480 e. The van der Waals surface area contributed by atoms with Gasteiger partial charge < -0.3 is 19.6 Å². The zero-order valence-corrected chi connectivity index (χ0v) is 12.8. The minimum absolute atomic E-state index is 0.0726. The molecule has 2 fully saturated rings. The topological polar surface area (TPSA) is 70.1 Å². The molecule has 0 bridgehead atoms. The molecular formula is C15H26N2O4. The van der Waals surface area contributed by atoms with Gasteiger partial charge in [-0.05, 0) is 31.6 Å². The van der Waals surface area contributed by atoms with Crippen LogP contribution in [0.15, 0.2) is 0 Å². The first-order valence-corrected chi connectivity index (χ1v) is 7.89. The Labute approximate surface area is 126 Å². The maximum absolute atomic E-state index is 12.4. The fraction of sp³-hybridized carbons (Fsp3) is 0.867. The molecule has 0 spiro atoms. The minimum atomic E-state index is -0.950. The molecule has 6 heteroatoms. The van der Waals surface area contributed by atoms with Gasteiger partial charge in [-0.15, -0.1) is 0 Å². The fourth-order valence-electron chi connectivity index (χ4n) is 2.77. The molecule has 0 atom stereocenters. The zero-order valence-electron chi connectivity index (χ0n) is 12.8. The molecule has 0 aromatic heterocycles. The second-order valence-electron chi connectivity index (χ2n) is 6.18. The molecule has 0 heterocycles. The summed E-state index contributed by atoms with van der Waals surface area (Å²) < 4.78 is 5.54. The Morgan fingerprint density at radius 3 is 2.43 bits per heavy atom. The Balaban J connectivity index is 1.78. The second-order valence-corrected chi connectivity index (χ2v) is 6.18. The van der Waals surface area contributed by atoms with Gasteiger partial charge in [-0.3, -0.25) is 4.79 Å². The molecular weight excluding hydrogens is 272 g/mol. The molecule has 0 saturated heterocycles. The molecule has 2 saturated carbocycles. The van der Waals surface area contributed by atoms with Crippen LogP contribution in [0.4, 0.5) is 4.79 Å². The van der Waals surface area contributed by atoms with Gasteiger partial charge in [0.05, 0.1) is 6.61 Å². The van der Waals surface area contributed by atoms with Crippen LogP contribution in [-0.4, -0.2) is 66.3 Å². The predicted octanol–water partition coefficient (Wildman–Crippen LogP) is 1.79. The number of aliphatic carboxylic acids is 1. The van der Waals surface area contributed by atoms with Crippen molar-refractivity contribution < 1.29 is 19.4 Å². The Kier molecular flexibility index (Phi) is 5.85. The first-order valence-electron chi connectivity index (χ1n) is 7.89. The number of ether oxygens (including phenoxy) is 1. The summed E-state index contributed by atoms with van der Waals surface area (Å²) in [6.45, 7) is 1.60. The molecule has 21 heavy (non-hydrogen) atoms. The van der Waals surface area contributed by atoms with Crippen LogP contribution in [0.25, 0.3) is 0 Å². The first-order chi connectivity index (χ1) is 10.1. The van der Waals surface area contributed by atoms with Crippen LogP contribution in [0, 0.1) is 5.92 Å². The highest BCUT2D eigenvalue weighted by atomic mass is 16.5. The van der Waals surface area contributed by atoms with E-state index in [2.05, 4.69) is 0 Å². The van der Waals surface area contributed by atoms with Gasteiger partial charge in [-0.25, -0.2) is 4.79 Å². The number of amides is 2. The van der Waals surface area contributed by atoms with Crippen LogP contribution >= 0.6 is 0 Å². The van der Waals surface area contributed by atoms with Crippen molar-refractivity contribution >= 4 is 12.0 Å². The number of carboxylic acids is 1. The molecule has 2 aliphatic rings. The molecule has 6 nitrogen and oxygen atoms in total. The monoisotopic (exact) mass is 298 g/mol. The molecule has 120 valence electrons. The number of carbonyl (C=O) groups is 2. The van der Waals surface area contributed by atoms with E-state index < -0.39 is 5.97 Å². The average Bonchev–Trinajstić information content (AvgIpc) is 3.11. The molecule has 0 radical (unpaired) electrons. The van der Waals surface area contributed by atoms with Crippen LogP contribution in [0.2, 0.25) is 0 Å². The molecule has 0 aliphatic heterocycles. The number of rotatable bonds is 8. The summed E-state index contributed by atoms with van der Waals surface area (Å²) in [5.74, 6) is -0.235. The lowest BCUT2D eigenvalue weighted by Gasteiger charge is -2.31. The van der Waals surface area contributed by atoms with Crippen molar-refractivity contribution in [1.29, 1.82) is 0 Å². The van der Waals surface area contributed by atoms with Crippen molar-refractivity contribution in [3.63, 3.8) is 0 Å². The quantitative estimate of drug-likeness (QED) is 0.694. The smallest absolute Gasteiger partial charge is 0.323 e. The maximum Gasteiger partial charge on any atom is 0.323 e. The number of likely N-dealkylation sites (N-methyl/N-ethyl adjacent to an activating group) is 1.